The van der Waals surface area contributed by atoms with Crippen molar-refractivity contribution in [1.29, 1.82) is 10.5 Å². The standard InChI is InChI=1S/C19H22N6O.CHN/c1-3-21-25-15(2)18(26)24(14-17-10-6-5-9-16(17)13-20)19(22-25)23-11-7-4-8-12-23;1-2/h3,5-6,9-10H,2,4,7-8,11-12,14H2,1H3;1H/b21-3-;. The molecule has 3 rings (SSSR count). The number of nitriles is 2. The molecular formula is C20H23N7O. The maximum Gasteiger partial charge on any atom is 0.280 e. The Morgan fingerprint density at radius 3 is 2.61 bits per heavy atom. The van der Waals surface area contributed by atoms with Crippen LogP contribution in [0.5, 0.6) is 0 Å². The number of rotatable bonds is 3. The van der Waals surface area contributed by atoms with Gasteiger partial charge in [-0.25, -0.2) is 5.26 Å². The number of carbonyl (C=O) groups is 1. The van der Waals surface area contributed by atoms with Gasteiger partial charge in [-0.1, -0.05) is 24.8 Å². The lowest BCUT2D eigenvalue weighted by Crippen LogP contribution is -2.53. The predicted octanol–water partition coefficient (Wildman–Crippen LogP) is 2.62. The Hall–Kier alpha value is -3.65. The van der Waals surface area contributed by atoms with Crippen LogP contribution in [-0.2, 0) is 11.3 Å². The average molecular weight is 377 g/mol. The number of nitrogens with zero attached hydrogens (tertiary/aromatic N) is 7. The van der Waals surface area contributed by atoms with E-state index in [-0.39, 0.29) is 18.1 Å². The van der Waals surface area contributed by atoms with Gasteiger partial charge >= 0.3 is 0 Å². The summed E-state index contributed by atoms with van der Waals surface area (Å²) in [5.74, 6) is 0.319. The summed E-state index contributed by atoms with van der Waals surface area (Å²) in [5.41, 5.74) is 1.53. The van der Waals surface area contributed by atoms with Gasteiger partial charge in [-0.2, -0.15) is 10.4 Å². The van der Waals surface area contributed by atoms with E-state index in [0.717, 1.165) is 31.5 Å². The lowest BCUT2D eigenvalue weighted by Gasteiger charge is -2.39. The van der Waals surface area contributed by atoms with Gasteiger partial charge in [-0.15, -0.1) is 10.2 Å². The largest absolute Gasteiger partial charge is 0.341 e. The quantitative estimate of drug-likeness (QED) is 0.595. The summed E-state index contributed by atoms with van der Waals surface area (Å²) in [7, 11) is 0. The minimum Gasteiger partial charge on any atom is -0.341 e. The van der Waals surface area contributed by atoms with Crippen LogP contribution in [0.3, 0.4) is 0 Å². The molecule has 8 heteroatoms. The van der Waals surface area contributed by atoms with Crippen molar-refractivity contribution in [2.24, 2.45) is 10.2 Å². The number of likely N-dealkylation sites (tertiary alicyclic amines) is 1. The smallest absolute Gasteiger partial charge is 0.280 e. The molecule has 0 saturated carbocycles. The minimum absolute atomic E-state index is 0.193. The van der Waals surface area contributed by atoms with Crippen LogP contribution in [0.2, 0.25) is 0 Å². The minimum atomic E-state index is -0.251. The Balaban J connectivity index is 0.00000136. The van der Waals surface area contributed by atoms with Gasteiger partial charge in [0.15, 0.2) is 0 Å². The maximum atomic E-state index is 13.0. The summed E-state index contributed by atoms with van der Waals surface area (Å²) < 4.78 is 0. The number of piperidine rings is 1. The van der Waals surface area contributed by atoms with Gasteiger partial charge in [0, 0.05) is 25.9 Å². The Bertz CT molecular complexity index is 844. The summed E-state index contributed by atoms with van der Waals surface area (Å²) in [4.78, 5) is 16.7. The highest BCUT2D eigenvalue weighted by Crippen LogP contribution is 2.23. The molecule has 1 fully saturated rings. The molecule has 2 aliphatic heterocycles. The number of hydrogen-bond acceptors (Lipinski definition) is 7. The van der Waals surface area contributed by atoms with Crippen molar-refractivity contribution in [1.82, 2.24) is 14.9 Å². The number of benzene rings is 1. The summed E-state index contributed by atoms with van der Waals surface area (Å²) in [5, 5.41) is 25.8. The molecule has 2 aliphatic rings. The van der Waals surface area contributed by atoms with Crippen molar-refractivity contribution in [3.63, 3.8) is 0 Å². The number of hydrogen-bond donors (Lipinski definition) is 0. The molecular weight excluding hydrogens is 354 g/mol. The van der Waals surface area contributed by atoms with E-state index in [2.05, 4.69) is 34.3 Å². The molecule has 2 heterocycles. The van der Waals surface area contributed by atoms with Crippen LogP contribution in [0.25, 0.3) is 0 Å². The molecule has 1 aromatic carbocycles. The highest BCUT2D eigenvalue weighted by molar-refractivity contribution is 6.06. The number of hydrazone groups is 2. The summed E-state index contributed by atoms with van der Waals surface area (Å²) in [6.07, 6.45) is 4.89. The van der Waals surface area contributed by atoms with Gasteiger partial charge in [0.25, 0.3) is 5.91 Å². The fourth-order valence-corrected chi connectivity index (χ4v) is 3.14. The van der Waals surface area contributed by atoms with Gasteiger partial charge in [-0.05, 0) is 37.8 Å². The average Bonchev–Trinajstić information content (AvgIpc) is 2.76. The SMILES string of the molecule is C#N.C=C1C(=O)N(Cc2ccccc2C#N)C(N2CCCCC2)=NN1/N=C\C. The fraction of sp³-hybridized carbons (Fsp3) is 0.350. The molecule has 0 aromatic heterocycles. The van der Waals surface area contributed by atoms with Crippen molar-refractivity contribution in [2.45, 2.75) is 32.7 Å². The highest BCUT2D eigenvalue weighted by atomic mass is 16.2. The zero-order valence-corrected chi connectivity index (χ0v) is 16.0. The Labute approximate surface area is 165 Å². The summed E-state index contributed by atoms with van der Waals surface area (Å²) in [6, 6.07) is 9.48. The molecule has 0 aliphatic carbocycles. The third-order valence-corrected chi connectivity index (χ3v) is 4.49. The van der Waals surface area contributed by atoms with Crippen LogP contribution in [0.15, 0.2) is 46.7 Å². The van der Waals surface area contributed by atoms with Crippen LogP contribution in [0.4, 0.5) is 0 Å². The molecule has 0 N–H and O–H groups in total. The number of carbonyl (C=O) groups excluding carboxylic acids is 1. The van der Waals surface area contributed by atoms with E-state index in [1.165, 1.54) is 11.5 Å². The van der Waals surface area contributed by atoms with Crippen molar-refractivity contribution < 1.29 is 4.79 Å². The fourth-order valence-electron chi connectivity index (χ4n) is 3.14. The monoisotopic (exact) mass is 377 g/mol. The molecule has 1 saturated heterocycles. The van der Waals surface area contributed by atoms with Crippen LogP contribution >= 0.6 is 0 Å². The third kappa shape index (κ3) is 4.36. The second kappa shape index (κ2) is 9.89. The van der Waals surface area contributed by atoms with Gasteiger partial charge < -0.3 is 4.90 Å². The first-order valence-electron chi connectivity index (χ1n) is 9.02. The van der Waals surface area contributed by atoms with E-state index in [1.54, 1.807) is 24.1 Å². The van der Waals surface area contributed by atoms with Gasteiger partial charge in [0.2, 0.25) is 5.96 Å². The first-order valence-corrected chi connectivity index (χ1v) is 9.02. The Morgan fingerprint density at radius 2 is 1.96 bits per heavy atom. The second-order valence-corrected chi connectivity index (χ2v) is 6.22. The Kier molecular flexibility index (Phi) is 7.29. The number of amides is 1. The molecule has 144 valence electrons. The van der Waals surface area contributed by atoms with E-state index in [1.807, 2.05) is 18.2 Å². The third-order valence-electron chi connectivity index (χ3n) is 4.49. The van der Waals surface area contributed by atoms with Crippen molar-refractivity contribution in [3.8, 4) is 12.6 Å². The van der Waals surface area contributed by atoms with Crippen LogP contribution in [-0.4, -0.2) is 46.1 Å². The van der Waals surface area contributed by atoms with Gasteiger partial charge in [0.05, 0.1) is 18.2 Å². The van der Waals surface area contributed by atoms with Crippen molar-refractivity contribution in [3.05, 3.63) is 47.7 Å². The molecule has 0 bridgehead atoms. The maximum absolute atomic E-state index is 13.0. The van der Waals surface area contributed by atoms with Gasteiger partial charge in [0.1, 0.15) is 5.70 Å². The molecule has 0 radical (unpaired) electrons. The molecule has 8 nitrogen and oxygen atoms in total. The van der Waals surface area contributed by atoms with Crippen LogP contribution in [0.1, 0.15) is 37.3 Å². The zero-order valence-electron chi connectivity index (χ0n) is 16.0. The predicted molar refractivity (Wildman–Crippen MR) is 106 cm³/mol. The first kappa shape index (κ1) is 20.7. The topological polar surface area (TPSA) is 99.1 Å². The van der Waals surface area contributed by atoms with E-state index >= 15 is 0 Å². The number of guanidine groups is 1. The first-order chi connectivity index (χ1) is 13.7. The van der Waals surface area contributed by atoms with E-state index < -0.39 is 0 Å². The molecule has 28 heavy (non-hydrogen) atoms. The lowest BCUT2D eigenvalue weighted by molar-refractivity contribution is -0.127. The van der Waals surface area contributed by atoms with E-state index in [9.17, 15) is 10.1 Å². The van der Waals surface area contributed by atoms with Crippen molar-refractivity contribution >= 4 is 18.1 Å². The molecule has 0 unspecified atom stereocenters. The molecule has 0 atom stereocenters. The second-order valence-electron chi connectivity index (χ2n) is 6.22. The lowest BCUT2D eigenvalue weighted by atomic mass is 10.1. The van der Waals surface area contributed by atoms with Gasteiger partial charge in [-0.3, -0.25) is 9.69 Å². The van der Waals surface area contributed by atoms with E-state index in [0.29, 0.717) is 11.5 Å². The normalized spacial score (nSPS) is 17.1. The summed E-state index contributed by atoms with van der Waals surface area (Å²) in [6.45, 7) is 11.1. The summed E-state index contributed by atoms with van der Waals surface area (Å²) >= 11 is 0. The Morgan fingerprint density at radius 1 is 1.29 bits per heavy atom. The van der Waals surface area contributed by atoms with Crippen LogP contribution < -0.4 is 0 Å². The zero-order chi connectivity index (χ0) is 20.5. The van der Waals surface area contributed by atoms with Crippen LogP contribution in [0, 0.1) is 23.2 Å². The highest BCUT2D eigenvalue weighted by Gasteiger charge is 2.35. The molecule has 0 spiro atoms. The molecule has 1 amide bonds. The van der Waals surface area contributed by atoms with Crippen molar-refractivity contribution in [2.75, 3.05) is 13.1 Å². The van der Waals surface area contributed by atoms with E-state index in [4.69, 9.17) is 5.26 Å². The molecule has 1 aromatic rings.